The zero-order chi connectivity index (χ0) is 23.3. The molecule has 2 rings (SSSR count). The number of aliphatic hydroxyl groups is 1. The van der Waals surface area contributed by atoms with Crippen LogP contribution in [0.2, 0.25) is 0 Å². The molecule has 0 amide bonds. The van der Waals surface area contributed by atoms with Gasteiger partial charge in [0.15, 0.2) is 0 Å². The average Bonchev–Trinajstić information content (AvgIpc) is 2.73. The SMILES string of the molecule is C=CS(=O)(=O)NCCc1ccc(C2(O)CCC(C(C)CNS(=O)(=O)C(C)C)CC2)cc1. The van der Waals surface area contributed by atoms with Crippen molar-refractivity contribution in [1.29, 1.82) is 0 Å². The van der Waals surface area contributed by atoms with Crippen LogP contribution < -0.4 is 9.44 Å². The van der Waals surface area contributed by atoms with Crippen molar-refractivity contribution in [3.05, 3.63) is 47.4 Å². The molecule has 9 heteroatoms. The molecular formula is C22H36N2O5S2. The largest absolute Gasteiger partial charge is 0.385 e. The third-order valence-electron chi connectivity index (χ3n) is 6.32. The van der Waals surface area contributed by atoms with Crippen LogP contribution in [0.4, 0.5) is 0 Å². The van der Waals surface area contributed by atoms with Crippen LogP contribution in [0, 0.1) is 11.8 Å². The van der Waals surface area contributed by atoms with Gasteiger partial charge in [-0.25, -0.2) is 26.3 Å². The van der Waals surface area contributed by atoms with E-state index in [4.69, 9.17) is 0 Å². The van der Waals surface area contributed by atoms with Gasteiger partial charge in [-0.2, -0.15) is 0 Å². The molecule has 1 fully saturated rings. The lowest BCUT2D eigenvalue weighted by Gasteiger charge is -2.38. The van der Waals surface area contributed by atoms with Crippen molar-refractivity contribution in [2.75, 3.05) is 13.1 Å². The molecule has 0 spiro atoms. The van der Waals surface area contributed by atoms with Gasteiger partial charge in [-0.1, -0.05) is 37.8 Å². The fourth-order valence-corrected chi connectivity index (χ4v) is 5.27. The molecule has 31 heavy (non-hydrogen) atoms. The highest BCUT2D eigenvalue weighted by Crippen LogP contribution is 2.41. The first kappa shape index (κ1) is 26.0. The Morgan fingerprint density at radius 2 is 1.68 bits per heavy atom. The van der Waals surface area contributed by atoms with E-state index in [1.807, 2.05) is 24.3 Å². The Labute approximate surface area is 187 Å². The van der Waals surface area contributed by atoms with Crippen molar-refractivity contribution in [2.45, 2.75) is 63.7 Å². The molecular weight excluding hydrogens is 436 g/mol. The molecule has 0 aliphatic heterocycles. The monoisotopic (exact) mass is 472 g/mol. The Balaban J connectivity index is 1.88. The number of benzene rings is 1. The van der Waals surface area contributed by atoms with Gasteiger partial charge in [0.25, 0.3) is 0 Å². The fraction of sp³-hybridized carbons (Fsp3) is 0.636. The van der Waals surface area contributed by atoms with Crippen LogP contribution in [-0.4, -0.2) is 40.3 Å². The Bertz CT molecular complexity index is 933. The van der Waals surface area contributed by atoms with E-state index in [9.17, 15) is 21.9 Å². The predicted octanol–water partition coefficient (Wildman–Crippen LogP) is 2.63. The van der Waals surface area contributed by atoms with Crippen LogP contribution in [-0.2, 0) is 32.1 Å². The maximum absolute atomic E-state index is 12.0. The standard InChI is InChI=1S/C22H36N2O5S2/c1-5-30(26,27)23-15-12-19-6-8-21(9-7-19)22(25)13-10-20(11-14-22)18(4)16-24-31(28,29)17(2)3/h5-9,17-18,20,23-25H,1,10-16H2,2-4H3. The lowest BCUT2D eigenvalue weighted by atomic mass is 9.71. The molecule has 3 N–H and O–H groups in total. The van der Waals surface area contributed by atoms with Gasteiger partial charge in [-0.15, -0.1) is 0 Å². The van der Waals surface area contributed by atoms with Crippen LogP contribution in [0.3, 0.4) is 0 Å². The van der Waals surface area contributed by atoms with E-state index < -0.39 is 30.9 Å². The zero-order valence-electron chi connectivity index (χ0n) is 18.7. The molecule has 1 aromatic rings. The molecule has 1 aliphatic carbocycles. The number of hydrogen-bond donors (Lipinski definition) is 3. The van der Waals surface area contributed by atoms with Crippen molar-refractivity contribution in [3.63, 3.8) is 0 Å². The van der Waals surface area contributed by atoms with Crippen LogP contribution in [0.1, 0.15) is 57.6 Å². The molecule has 1 aliphatic rings. The Morgan fingerprint density at radius 3 is 2.19 bits per heavy atom. The lowest BCUT2D eigenvalue weighted by Crippen LogP contribution is -2.38. The van der Waals surface area contributed by atoms with E-state index in [1.54, 1.807) is 13.8 Å². The predicted molar refractivity (Wildman–Crippen MR) is 124 cm³/mol. The summed E-state index contributed by atoms with van der Waals surface area (Å²) in [4.78, 5) is 0. The van der Waals surface area contributed by atoms with E-state index in [2.05, 4.69) is 22.9 Å². The quantitative estimate of drug-likeness (QED) is 0.458. The first-order chi connectivity index (χ1) is 14.4. The van der Waals surface area contributed by atoms with Crippen molar-refractivity contribution >= 4 is 20.0 Å². The minimum atomic E-state index is -3.42. The van der Waals surface area contributed by atoms with E-state index in [0.717, 1.165) is 29.4 Å². The summed E-state index contributed by atoms with van der Waals surface area (Å²) in [6, 6.07) is 7.67. The molecule has 0 bridgehead atoms. The summed E-state index contributed by atoms with van der Waals surface area (Å²) in [7, 11) is -6.68. The molecule has 0 saturated heterocycles. The molecule has 1 aromatic carbocycles. The fourth-order valence-electron chi connectivity index (χ4n) is 3.93. The second-order valence-corrected chi connectivity index (χ2v) is 12.9. The summed E-state index contributed by atoms with van der Waals surface area (Å²) < 4.78 is 51.9. The number of hydrogen-bond acceptors (Lipinski definition) is 5. The third-order valence-corrected chi connectivity index (χ3v) is 9.17. The first-order valence-corrected chi connectivity index (χ1v) is 13.9. The van der Waals surface area contributed by atoms with Gasteiger partial charge < -0.3 is 5.11 Å². The Kier molecular flexibility index (Phi) is 8.86. The van der Waals surface area contributed by atoms with E-state index in [0.29, 0.717) is 31.7 Å². The lowest BCUT2D eigenvalue weighted by molar-refractivity contribution is -0.0207. The van der Waals surface area contributed by atoms with Crippen LogP contribution in [0.5, 0.6) is 0 Å². The summed E-state index contributed by atoms with van der Waals surface area (Å²) in [6.45, 7) is 9.37. The van der Waals surface area contributed by atoms with Gasteiger partial charge >= 0.3 is 0 Å². The summed E-state index contributed by atoms with van der Waals surface area (Å²) >= 11 is 0. The second kappa shape index (κ2) is 10.6. The number of rotatable bonds is 11. The van der Waals surface area contributed by atoms with Gasteiger partial charge in [0.2, 0.25) is 20.0 Å². The van der Waals surface area contributed by atoms with Crippen LogP contribution in [0.25, 0.3) is 0 Å². The van der Waals surface area contributed by atoms with Gasteiger partial charge in [-0.3, -0.25) is 0 Å². The normalized spacial score (nSPS) is 23.6. The average molecular weight is 473 g/mol. The number of sulfonamides is 2. The third kappa shape index (κ3) is 7.39. The molecule has 176 valence electrons. The highest BCUT2D eigenvalue weighted by molar-refractivity contribution is 7.92. The van der Waals surface area contributed by atoms with Crippen molar-refractivity contribution in [1.82, 2.24) is 9.44 Å². The van der Waals surface area contributed by atoms with E-state index >= 15 is 0 Å². The van der Waals surface area contributed by atoms with Gasteiger partial charge in [0.05, 0.1) is 10.9 Å². The highest BCUT2D eigenvalue weighted by atomic mass is 32.2. The van der Waals surface area contributed by atoms with Gasteiger partial charge in [-0.05, 0) is 68.9 Å². The summed E-state index contributed by atoms with van der Waals surface area (Å²) in [5.41, 5.74) is 0.977. The van der Waals surface area contributed by atoms with Crippen LogP contribution in [0.15, 0.2) is 36.3 Å². The molecule has 0 aromatic heterocycles. The molecule has 1 saturated carbocycles. The first-order valence-electron chi connectivity index (χ1n) is 10.8. The topological polar surface area (TPSA) is 113 Å². The van der Waals surface area contributed by atoms with Crippen molar-refractivity contribution in [3.8, 4) is 0 Å². The highest BCUT2D eigenvalue weighted by Gasteiger charge is 2.36. The maximum Gasteiger partial charge on any atom is 0.233 e. The van der Waals surface area contributed by atoms with Crippen molar-refractivity contribution < 1.29 is 21.9 Å². The zero-order valence-corrected chi connectivity index (χ0v) is 20.3. The summed E-state index contributed by atoms with van der Waals surface area (Å²) in [6.07, 6.45) is 3.50. The Morgan fingerprint density at radius 1 is 1.10 bits per heavy atom. The Hall–Kier alpha value is -1.26. The summed E-state index contributed by atoms with van der Waals surface area (Å²) in [5.74, 6) is 0.576. The minimum absolute atomic E-state index is 0.208. The van der Waals surface area contributed by atoms with E-state index in [1.165, 1.54) is 0 Å². The maximum atomic E-state index is 12.0. The molecule has 7 nitrogen and oxygen atoms in total. The molecule has 1 unspecified atom stereocenters. The summed E-state index contributed by atoms with van der Waals surface area (Å²) in [5, 5.41) is 11.6. The van der Waals surface area contributed by atoms with Gasteiger partial charge in [0.1, 0.15) is 0 Å². The molecule has 1 atom stereocenters. The molecule has 0 heterocycles. The smallest absolute Gasteiger partial charge is 0.233 e. The van der Waals surface area contributed by atoms with Gasteiger partial charge in [0, 0.05) is 18.5 Å². The van der Waals surface area contributed by atoms with E-state index in [-0.39, 0.29) is 12.5 Å². The van der Waals surface area contributed by atoms with Crippen molar-refractivity contribution in [2.24, 2.45) is 11.8 Å². The number of nitrogens with one attached hydrogen (secondary N) is 2. The molecule has 0 radical (unpaired) electrons. The second-order valence-electron chi connectivity index (χ2n) is 8.84. The minimum Gasteiger partial charge on any atom is -0.385 e. The van der Waals surface area contributed by atoms with Crippen LogP contribution >= 0.6 is 0 Å².